The first-order valence-electron chi connectivity index (χ1n) is 10.7. The summed E-state index contributed by atoms with van der Waals surface area (Å²) in [6, 6.07) is 11.4. The minimum absolute atomic E-state index is 0.0755. The van der Waals surface area contributed by atoms with Crippen LogP contribution in [0.2, 0.25) is 0 Å². The number of thiophene rings is 1. The van der Waals surface area contributed by atoms with Crippen LogP contribution in [0.5, 0.6) is 0 Å². The van der Waals surface area contributed by atoms with Crippen molar-refractivity contribution >= 4 is 17.2 Å². The van der Waals surface area contributed by atoms with Gasteiger partial charge in [-0.25, -0.2) is 0 Å². The summed E-state index contributed by atoms with van der Waals surface area (Å²) < 4.78 is 0. The summed E-state index contributed by atoms with van der Waals surface area (Å²) in [6.45, 7) is 4.66. The van der Waals surface area contributed by atoms with Gasteiger partial charge < -0.3 is 5.32 Å². The molecule has 5 heteroatoms. The molecule has 1 N–H and O–H groups in total. The quantitative estimate of drug-likeness (QED) is 0.686. The second-order valence-corrected chi connectivity index (χ2v) is 9.24. The minimum atomic E-state index is 0.0755. The lowest BCUT2D eigenvalue weighted by molar-refractivity contribution is -0.120. The molecule has 4 nitrogen and oxygen atoms in total. The predicted molar refractivity (Wildman–Crippen MR) is 121 cm³/mol. The summed E-state index contributed by atoms with van der Waals surface area (Å²) in [6.07, 6.45) is 5.82. The number of aromatic nitrogens is 1. The fourth-order valence-corrected chi connectivity index (χ4v) is 5.58. The Morgan fingerprint density at radius 3 is 2.73 bits per heavy atom. The Kier molecular flexibility index (Phi) is 5.40. The molecule has 0 spiro atoms. The number of aryl methyl sites for hydroxylation is 1. The summed E-state index contributed by atoms with van der Waals surface area (Å²) in [5.41, 5.74) is 9.05. The lowest BCUT2D eigenvalue weighted by atomic mass is 9.93. The van der Waals surface area contributed by atoms with Gasteiger partial charge in [-0.05, 0) is 76.4 Å². The summed E-state index contributed by atoms with van der Waals surface area (Å²) in [5, 5.41) is 7.17. The van der Waals surface area contributed by atoms with E-state index in [4.69, 9.17) is 0 Å². The second kappa shape index (κ2) is 8.32. The number of fused-ring (bicyclic) bond motifs is 2. The highest BCUT2D eigenvalue weighted by molar-refractivity contribution is 7.08. The summed E-state index contributed by atoms with van der Waals surface area (Å²) >= 11 is 1.63. The molecular weight excluding hydrogens is 390 g/mol. The van der Waals surface area contributed by atoms with E-state index in [1.54, 1.807) is 11.3 Å². The number of pyridine rings is 1. The zero-order chi connectivity index (χ0) is 20.5. The van der Waals surface area contributed by atoms with Crippen molar-refractivity contribution in [1.29, 1.82) is 0 Å². The molecule has 3 heterocycles. The summed E-state index contributed by atoms with van der Waals surface area (Å²) in [5.74, 6) is 0.0755. The average Bonchev–Trinajstić information content (AvgIpc) is 3.42. The van der Waals surface area contributed by atoms with E-state index in [2.05, 4.69) is 52.6 Å². The number of nitrogens with zero attached hydrogens (tertiary/aromatic N) is 2. The first-order valence-corrected chi connectivity index (χ1v) is 11.7. The molecule has 0 bridgehead atoms. The van der Waals surface area contributed by atoms with Crippen molar-refractivity contribution in [3.05, 3.63) is 86.4 Å². The second-order valence-electron chi connectivity index (χ2n) is 8.46. The molecule has 2 aromatic heterocycles. The van der Waals surface area contributed by atoms with Crippen LogP contribution in [0, 0.1) is 6.92 Å². The molecule has 154 valence electrons. The van der Waals surface area contributed by atoms with Crippen LogP contribution in [0.25, 0.3) is 0 Å². The van der Waals surface area contributed by atoms with Crippen LogP contribution in [0.3, 0.4) is 0 Å². The number of rotatable bonds is 5. The van der Waals surface area contributed by atoms with Crippen molar-refractivity contribution in [1.82, 2.24) is 15.2 Å². The smallest absolute Gasteiger partial charge is 0.224 e. The number of hydrogen-bond acceptors (Lipinski definition) is 4. The molecule has 0 unspecified atom stereocenters. The third-order valence-electron chi connectivity index (χ3n) is 6.58. The number of amides is 1. The van der Waals surface area contributed by atoms with Gasteiger partial charge in [0.25, 0.3) is 0 Å². The molecule has 0 saturated heterocycles. The molecule has 1 aromatic carbocycles. The molecule has 30 heavy (non-hydrogen) atoms. The Bertz CT molecular complexity index is 1040. The largest absolute Gasteiger partial charge is 0.352 e. The highest BCUT2D eigenvalue weighted by atomic mass is 32.1. The van der Waals surface area contributed by atoms with Crippen LogP contribution < -0.4 is 5.32 Å². The molecule has 3 aromatic rings. The van der Waals surface area contributed by atoms with Crippen LogP contribution in [0.4, 0.5) is 0 Å². The van der Waals surface area contributed by atoms with Crippen molar-refractivity contribution in [3.8, 4) is 0 Å². The van der Waals surface area contributed by atoms with Gasteiger partial charge in [0.15, 0.2) is 0 Å². The number of hydrogen-bond donors (Lipinski definition) is 1. The van der Waals surface area contributed by atoms with Crippen molar-refractivity contribution in [2.45, 2.75) is 51.7 Å². The Morgan fingerprint density at radius 1 is 1.20 bits per heavy atom. The van der Waals surface area contributed by atoms with Crippen LogP contribution >= 0.6 is 11.3 Å². The molecule has 1 aliphatic heterocycles. The first-order chi connectivity index (χ1) is 14.7. The van der Waals surface area contributed by atoms with Gasteiger partial charge >= 0.3 is 0 Å². The maximum atomic E-state index is 12.4. The Labute approximate surface area is 182 Å². The molecule has 5 rings (SSSR count). The molecule has 0 atom stereocenters. The van der Waals surface area contributed by atoms with Crippen molar-refractivity contribution < 1.29 is 4.79 Å². The average molecular weight is 418 g/mol. The number of carbonyl (C=O) groups excluding carboxylic acids is 1. The first kappa shape index (κ1) is 19.5. The SMILES string of the molecule is Cc1ncc2c(c1CNC(=O)Cc1ccsc1)CCN(C1Cc3ccccc3C1)C2. The topological polar surface area (TPSA) is 45.2 Å². The van der Waals surface area contributed by atoms with Crippen molar-refractivity contribution in [2.75, 3.05) is 6.54 Å². The number of carbonyl (C=O) groups is 1. The third-order valence-corrected chi connectivity index (χ3v) is 7.31. The van der Waals surface area contributed by atoms with Gasteiger partial charge in [0, 0.05) is 37.6 Å². The Balaban J connectivity index is 1.27. The van der Waals surface area contributed by atoms with Gasteiger partial charge in [-0.1, -0.05) is 24.3 Å². The normalized spacial score (nSPS) is 16.3. The molecular formula is C25H27N3OS. The van der Waals surface area contributed by atoms with Crippen LogP contribution in [0.1, 0.15) is 39.1 Å². The highest BCUT2D eigenvalue weighted by Crippen LogP contribution is 2.30. The van der Waals surface area contributed by atoms with E-state index in [9.17, 15) is 4.79 Å². The van der Waals surface area contributed by atoms with E-state index in [0.29, 0.717) is 19.0 Å². The van der Waals surface area contributed by atoms with Crippen LogP contribution in [0.15, 0.2) is 47.3 Å². The van der Waals surface area contributed by atoms with E-state index in [0.717, 1.165) is 43.6 Å². The molecule has 2 aliphatic rings. The van der Waals surface area contributed by atoms with Gasteiger partial charge in [-0.3, -0.25) is 14.7 Å². The lowest BCUT2D eigenvalue weighted by Crippen LogP contribution is -2.40. The van der Waals surface area contributed by atoms with E-state index < -0.39 is 0 Å². The predicted octanol–water partition coefficient (Wildman–Crippen LogP) is 3.84. The Morgan fingerprint density at radius 2 is 2.00 bits per heavy atom. The number of nitrogens with one attached hydrogen (secondary N) is 1. The fourth-order valence-electron chi connectivity index (χ4n) is 4.91. The zero-order valence-electron chi connectivity index (χ0n) is 17.4. The van der Waals surface area contributed by atoms with Gasteiger partial charge in [-0.15, -0.1) is 0 Å². The third kappa shape index (κ3) is 3.92. The van der Waals surface area contributed by atoms with Gasteiger partial charge in [0.1, 0.15) is 0 Å². The monoisotopic (exact) mass is 417 g/mol. The molecule has 0 saturated carbocycles. The number of benzene rings is 1. The lowest BCUT2D eigenvalue weighted by Gasteiger charge is -2.34. The van der Waals surface area contributed by atoms with Crippen molar-refractivity contribution in [2.24, 2.45) is 0 Å². The van der Waals surface area contributed by atoms with Gasteiger partial charge in [-0.2, -0.15) is 11.3 Å². The van der Waals surface area contributed by atoms with Crippen LogP contribution in [-0.4, -0.2) is 28.4 Å². The molecule has 0 fully saturated rings. The molecule has 1 amide bonds. The maximum absolute atomic E-state index is 12.4. The molecule has 1 aliphatic carbocycles. The van der Waals surface area contributed by atoms with Crippen LogP contribution in [-0.2, 0) is 43.6 Å². The summed E-state index contributed by atoms with van der Waals surface area (Å²) in [7, 11) is 0. The maximum Gasteiger partial charge on any atom is 0.224 e. The van der Waals surface area contributed by atoms with E-state index in [1.807, 2.05) is 16.8 Å². The van der Waals surface area contributed by atoms with E-state index in [1.165, 1.54) is 27.8 Å². The minimum Gasteiger partial charge on any atom is -0.352 e. The van der Waals surface area contributed by atoms with E-state index >= 15 is 0 Å². The summed E-state index contributed by atoms with van der Waals surface area (Å²) in [4.78, 5) is 19.7. The molecule has 0 radical (unpaired) electrons. The zero-order valence-corrected chi connectivity index (χ0v) is 18.2. The fraction of sp³-hybridized carbons (Fsp3) is 0.360. The Hall–Kier alpha value is -2.50. The van der Waals surface area contributed by atoms with Gasteiger partial charge in [0.05, 0.1) is 6.42 Å². The van der Waals surface area contributed by atoms with Crippen molar-refractivity contribution in [3.63, 3.8) is 0 Å². The van der Waals surface area contributed by atoms with Gasteiger partial charge in [0.2, 0.25) is 5.91 Å². The standard InChI is InChI=1S/C25H27N3OS/c1-17-24(14-27-25(29)10-18-7-9-30-16-18)23-6-8-28(15-21(23)13-26-17)22-11-19-4-2-3-5-20(19)12-22/h2-5,7,9,13,16,22H,6,8,10-12,14-15H2,1H3,(H,27,29). The highest BCUT2D eigenvalue weighted by Gasteiger charge is 2.30. The van der Waals surface area contributed by atoms with E-state index in [-0.39, 0.29) is 5.91 Å².